The van der Waals surface area contributed by atoms with Gasteiger partial charge in [0.25, 0.3) is 0 Å². The normalized spacial score (nSPS) is 12.4. The first-order valence-corrected chi connectivity index (χ1v) is 29.8. The van der Waals surface area contributed by atoms with Crippen LogP contribution in [0.4, 0.5) is 0 Å². The van der Waals surface area contributed by atoms with E-state index < -0.39 is 6.10 Å². The van der Waals surface area contributed by atoms with Gasteiger partial charge in [0.2, 0.25) is 0 Å². The summed E-state index contributed by atoms with van der Waals surface area (Å²) in [5, 5.41) is 0. The first kappa shape index (κ1) is 66.1. The Hall–Kier alpha value is -2.89. The quantitative estimate of drug-likeness (QED) is 0.0262. The van der Waals surface area contributed by atoms with Crippen molar-refractivity contribution >= 4 is 17.9 Å². The molecule has 0 aliphatic heterocycles. The minimum Gasteiger partial charge on any atom is -0.462 e. The molecule has 0 aromatic heterocycles. The van der Waals surface area contributed by atoms with E-state index in [-0.39, 0.29) is 31.1 Å². The fourth-order valence-corrected chi connectivity index (χ4v) is 8.48. The lowest BCUT2D eigenvalue weighted by atomic mass is 10.0. The Morgan fingerprint density at radius 2 is 0.522 bits per heavy atom. The van der Waals surface area contributed by atoms with Crippen LogP contribution in [0.15, 0.2) is 60.8 Å². The first-order chi connectivity index (χ1) is 34.0. The minimum absolute atomic E-state index is 0.0851. The molecule has 0 radical (unpaired) electrons. The Morgan fingerprint density at radius 3 is 0.884 bits per heavy atom. The Bertz CT molecular complexity index is 1250. The predicted molar refractivity (Wildman–Crippen MR) is 298 cm³/mol. The van der Waals surface area contributed by atoms with E-state index in [9.17, 15) is 14.4 Å². The highest BCUT2D eigenvalue weighted by atomic mass is 16.6. The van der Waals surface area contributed by atoms with E-state index in [2.05, 4.69) is 81.5 Å². The molecule has 0 unspecified atom stereocenters. The van der Waals surface area contributed by atoms with E-state index >= 15 is 0 Å². The summed E-state index contributed by atoms with van der Waals surface area (Å²) in [4.78, 5) is 38.2. The number of allylic oxidation sites excluding steroid dienone is 10. The average molecular weight is 966 g/mol. The number of carbonyl (C=O) groups excluding carboxylic acids is 3. The third kappa shape index (κ3) is 55.9. The molecule has 0 aliphatic carbocycles. The van der Waals surface area contributed by atoms with Crippen LogP contribution in [0, 0.1) is 0 Å². The van der Waals surface area contributed by atoms with Crippen LogP contribution >= 0.6 is 0 Å². The largest absolute Gasteiger partial charge is 0.462 e. The van der Waals surface area contributed by atoms with Gasteiger partial charge in [-0.25, -0.2) is 0 Å². The topological polar surface area (TPSA) is 78.9 Å². The van der Waals surface area contributed by atoms with Gasteiger partial charge in [-0.1, -0.05) is 255 Å². The highest BCUT2D eigenvalue weighted by Crippen LogP contribution is 2.16. The third-order valence-corrected chi connectivity index (χ3v) is 13.0. The van der Waals surface area contributed by atoms with Gasteiger partial charge in [-0.05, 0) is 89.9 Å². The Morgan fingerprint density at radius 1 is 0.290 bits per heavy atom. The predicted octanol–water partition coefficient (Wildman–Crippen LogP) is 20.0. The van der Waals surface area contributed by atoms with Crippen LogP contribution in [-0.2, 0) is 28.6 Å². The van der Waals surface area contributed by atoms with Crippen molar-refractivity contribution in [3.8, 4) is 0 Å². The molecule has 6 nitrogen and oxygen atoms in total. The van der Waals surface area contributed by atoms with Gasteiger partial charge in [0.15, 0.2) is 6.10 Å². The summed E-state index contributed by atoms with van der Waals surface area (Å²) in [6, 6.07) is 0. The van der Waals surface area contributed by atoms with Gasteiger partial charge < -0.3 is 14.2 Å². The smallest absolute Gasteiger partial charge is 0.306 e. The number of ether oxygens (including phenoxy) is 3. The molecule has 0 amide bonds. The van der Waals surface area contributed by atoms with E-state index in [0.29, 0.717) is 19.3 Å². The van der Waals surface area contributed by atoms with E-state index in [0.717, 1.165) is 96.3 Å². The molecule has 0 aromatic rings. The van der Waals surface area contributed by atoms with Crippen LogP contribution in [0.1, 0.15) is 303 Å². The van der Waals surface area contributed by atoms with Crippen molar-refractivity contribution in [2.24, 2.45) is 0 Å². The third-order valence-electron chi connectivity index (χ3n) is 13.0. The molecular weight excluding hydrogens is 853 g/mol. The number of esters is 3. The zero-order chi connectivity index (χ0) is 50.0. The van der Waals surface area contributed by atoms with Gasteiger partial charge in [0.1, 0.15) is 13.2 Å². The molecule has 0 rings (SSSR count). The zero-order valence-corrected chi connectivity index (χ0v) is 45.8. The monoisotopic (exact) mass is 965 g/mol. The summed E-state index contributed by atoms with van der Waals surface area (Å²) < 4.78 is 16.9. The molecule has 6 heteroatoms. The molecule has 0 N–H and O–H groups in total. The fraction of sp³-hybridized carbons (Fsp3) is 0.794. The summed E-state index contributed by atoms with van der Waals surface area (Å²) >= 11 is 0. The summed E-state index contributed by atoms with van der Waals surface area (Å²) in [7, 11) is 0. The van der Waals surface area contributed by atoms with Gasteiger partial charge in [-0.3, -0.25) is 14.4 Å². The second-order valence-electron chi connectivity index (χ2n) is 19.9. The number of carbonyl (C=O) groups is 3. The van der Waals surface area contributed by atoms with Gasteiger partial charge in [-0.15, -0.1) is 0 Å². The molecule has 69 heavy (non-hydrogen) atoms. The Kier molecular flexibility index (Phi) is 55.3. The maximum atomic E-state index is 12.8. The maximum absolute atomic E-state index is 12.8. The molecule has 0 heterocycles. The molecule has 1 atom stereocenters. The highest BCUT2D eigenvalue weighted by molar-refractivity contribution is 5.71. The second kappa shape index (κ2) is 57.7. The SMILES string of the molecule is CCCCC/C=C\C/C=C\C/C=C\C/C=C\CCCCCC(=O)OC[C@H](COC(=O)CCCCCCCCCCCCCCCCCCCCC)OC(=O)CCCCCCC/C=C\CCCCCC. The summed E-state index contributed by atoms with van der Waals surface area (Å²) in [5.74, 6) is -0.913. The molecular formula is C63H112O6. The van der Waals surface area contributed by atoms with E-state index in [1.165, 1.54) is 167 Å². The van der Waals surface area contributed by atoms with E-state index in [4.69, 9.17) is 14.2 Å². The lowest BCUT2D eigenvalue weighted by molar-refractivity contribution is -0.167. The van der Waals surface area contributed by atoms with Crippen LogP contribution in [0.3, 0.4) is 0 Å². The Labute approximate surface area is 428 Å². The summed E-state index contributed by atoms with van der Waals surface area (Å²) in [5.41, 5.74) is 0. The van der Waals surface area contributed by atoms with Crippen LogP contribution in [-0.4, -0.2) is 37.2 Å². The van der Waals surface area contributed by atoms with Crippen LogP contribution in [0.5, 0.6) is 0 Å². The van der Waals surface area contributed by atoms with Gasteiger partial charge >= 0.3 is 17.9 Å². The van der Waals surface area contributed by atoms with Crippen molar-refractivity contribution in [1.82, 2.24) is 0 Å². The molecule has 0 saturated heterocycles. The standard InChI is InChI=1S/C63H112O6/c1-4-7-10-13-16-19-22-25-27-29-31-33-35-38-40-43-46-49-52-55-61(64)67-58-60(69-63(66)57-54-51-48-45-42-37-24-21-18-15-12-9-6-3)59-68-62(65)56-53-50-47-44-41-39-36-34-32-30-28-26-23-20-17-14-11-8-5-2/h16,19,21,24-25,27,31,33,38,40,60H,4-15,17-18,20,22-23,26,28-30,32,34-37,39,41-59H2,1-3H3/b19-16-,24-21-,27-25-,33-31-,40-38-/t60-/m1/s1. The number of hydrogen-bond donors (Lipinski definition) is 0. The number of rotatable bonds is 54. The fourth-order valence-electron chi connectivity index (χ4n) is 8.48. The molecule has 400 valence electrons. The lowest BCUT2D eigenvalue weighted by Crippen LogP contribution is -2.30. The van der Waals surface area contributed by atoms with Crippen LogP contribution < -0.4 is 0 Å². The van der Waals surface area contributed by atoms with Crippen molar-refractivity contribution < 1.29 is 28.6 Å². The molecule has 0 aliphatic rings. The number of unbranched alkanes of at least 4 members (excludes halogenated alkanes) is 33. The first-order valence-electron chi connectivity index (χ1n) is 29.8. The van der Waals surface area contributed by atoms with Crippen molar-refractivity contribution in [1.29, 1.82) is 0 Å². The van der Waals surface area contributed by atoms with Crippen molar-refractivity contribution in [2.45, 2.75) is 309 Å². The van der Waals surface area contributed by atoms with Crippen LogP contribution in [0.25, 0.3) is 0 Å². The highest BCUT2D eigenvalue weighted by Gasteiger charge is 2.19. The van der Waals surface area contributed by atoms with Gasteiger partial charge in [0.05, 0.1) is 0 Å². The maximum Gasteiger partial charge on any atom is 0.306 e. The van der Waals surface area contributed by atoms with Crippen molar-refractivity contribution in [3.05, 3.63) is 60.8 Å². The molecule has 0 saturated carbocycles. The summed E-state index contributed by atoms with van der Waals surface area (Å²) in [6.45, 7) is 6.60. The van der Waals surface area contributed by atoms with E-state index in [1.54, 1.807) is 0 Å². The lowest BCUT2D eigenvalue weighted by Gasteiger charge is -2.18. The Balaban J connectivity index is 4.38. The van der Waals surface area contributed by atoms with Crippen molar-refractivity contribution in [3.63, 3.8) is 0 Å². The summed E-state index contributed by atoms with van der Waals surface area (Å²) in [6.07, 6.45) is 72.1. The van der Waals surface area contributed by atoms with Gasteiger partial charge in [-0.2, -0.15) is 0 Å². The van der Waals surface area contributed by atoms with Gasteiger partial charge in [0, 0.05) is 19.3 Å². The second-order valence-corrected chi connectivity index (χ2v) is 19.9. The average Bonchev–Trinajstić information content (AvgIpc) is 3.35. The minimum atomic E-state index is -0.790. The molecule has 0 bridgehead atoms. The molecule has 0 fully saturated rings. The van der Waals surface area contributed by atoms with E-state index in [1.807, 2.05) is 0 Å². The molecule has 0 aromatic carbocycles. The zero-order valence-electron chi connectivity index (χ0n) is 45.8. The van der Waals surface area contributed by atoms with Crippen LogP contribution in [0.2, 0.25) is 0 Å². The van der Waals surface area contributed by atoms with Crippen molar-refractivity contribution in [2.75, 3.05) is 13.2 Å². The molecule has 0 spiro atoms. The number of hydrogen-bond acceptors (Lipinski definition) is 6.